The van der Waals surface area contributed by atoms with Gasteiger partial charge in [-0.25, -0.2) is 0 Å². The van der Waals surface area contributed by atoms with E-state index in [0.717, 1.165) is 50.3 Å². The second-order valence-corrected chi connectivity index (χ2v) is 9.01. The van der Waals surface area contributed by atoms with Crippen LogP contribution >= 0.6 is 0 Å². The third-order valence-corrected chi connectivity index (χ3v) is 6.12. The van der Waals surface area contributed by atoms with Crippen molar-refractivity contribution < 1.29 is 31.6 Å². The Balaban J connectivity index is 0.00000722. The summed E-state index contributed by atoms with van der Waals surface area (Å²) in [6, 6.07) is 7.43. The highest BCUT2D eigenvalue weighted by Gasteiger charge is 2.26. The van der Waals surface area contributed by atoms with Crippen molar-refractivity contribution in [3.8, 4) is 5.69 Å². The third-order valence-electron chi connectivity index (χ3n) is 6.12. The summed E-state index contributed by atoms with van der Waals surface area (Å²) < 4.78 is 7.40. The van der Waals surface area contributed by atoms with E-state index in [0.29, 0.717) is 13.2 Å². The van der Waals surface area contributed by atoms with E-state index in [4.69, 9.17) is 10.3 Å². The molecule has 0 atom stereocenters. The molecular formula is C26H37ClN6O5. The fourth-order valence-electron chi connectivity index (χ4n) is 4.14. The lowest BCUT2D eigenvalue weighted by molar-refractivity contribution is -0.601. The van der Waals surface area contributed by atoms with Crippen LogP contribution in [0.2, 0.25) is 0 Å². The number of benzene rings is 1. The summed E-state index contributed by atoms with van der Waals surface area (Å²) >= 11 is 0. The number of hydrogen-bond acceptors (Lipinski definition) is 6. The average Bonchev–Trinajstić information content (AvgIpc) is 2.90. The third kappa shape index (κ3) is 12.8. The van der Waals surface area contributed by atoms with Gasteiger partial charge in [0, 0.05) is 48.4 Å². The number of hydrogen-bond donors (Lipinski definition) is 0. The van der Waals surface area contributed by atoms with Gasteiger partial charge in [-0.2, -0.15) is 4.57 Å². The van der Waals surface area contributed by atoms with Crippen molar-refractivity contribution in [3.05, 3.63) is 79.0 Å². The molecule has 2 aromatic rings. The number of nitro benzene ring substituents is 2. The van der Waals surface area contributed by atoms with Crippen LogP contribution < -0.4 is 17.0 Å². The van der Waals surface area contributed by atoms with Crippen LogP contribution in [0.25, 0.3) is 16.1 Å². The molecule has 0 N–H and O–H groups in total. The summed E-state index contributed by atoms with van der Waals surface area (Å²) in [5, 5.41) is 26.0. The number of halogens is 1. The van der Waals surface area contributed by atoms with Crippen LogP contribution in [0, 0.1) is 20.2 Å². The maximum atomic E-state index is 11.4. The first-order chi connectivity index (χ1) is 18.0. The van der Waals surface area contributed by atoms with Gasteiger partial charge < -0.3 is 17.1 Å². The fraction of sp³-hybridized carbons (Fsp3) is 0.577. The van der Waals surface area contributed by atoms with Crippen molar-refractivity contribution in [3.63, 3.8) is 0 Å². The van der Waals surface area contributed by atoms with Crippen molar-refractivity contribution in [1.82, 2.24) is 0 Å². The predicted octanol–water partition coefficient (Wildman–Crippen LogP) is 3.94. The minimum atomic E-state index is -0.639. The summed E-state index contributed by atoms with van der Waals surface area (Å²) in [4.78, 5) is 23.9. The van der Waals surface area contributed by atoms with Gasteiger partial charge in [-0.1, -0.05) is 56.5 Å². The molecule has 0 aliphatic heterocycles. The number of nitro groups is 2. The van der Waals surface area contributed by atoms with Gasteiger partial charge >= 0.3 is 5.69 Å². The average molecular weight is 549 g/mol. The first kappa shape index (κ1) is 32.8. The number of unbranched alkanes of at least 4 members (excludes halogenated alkanes) is 9. The topological polar surface area (TPSA) is 148 Å². The van der Waals surface area contributed by atoms with E-state index >= 15 is 0 Å². The van der Waals surface area contributed by atoms with Crippen molar-refractivity contribution in [1.29, 1.82) is 0 Å². The van der Waals surface area contributed by atoms with Gasteiger partial charge in [0.25, 0.3) is 11.4 Å². The number of pyridine rings is 1. The highest BCUT2D eigenvalue weighted by molar-refractivity contribution is 5.53. The number of azide groups is 1. The molecule has 0 fully saturated rings. The number of rotatable bonds is 20. The van der Waals surface area contributed by atoms with E-state index in [1.54, 1.807) is 10.8 Å². The van der Waals surface area contributed by atoms with Gasteiger partial charge in [0.05, 0.1) is 9.85 Å². The maximum absolute atomic E-state index is 11.4. The number of non-ortho nitro benzene ring substituents is 1. The van der Waals surface area contributed by atoms with Crippen molar-refractivity contribution in [2.45, 2.75) is 77.0 Å². The molecule has 0 radical (unpaired) electrons. The molecule has 38 heavy (non-hydrogen) atoms. The highest BCUT2D eigenvalue weighted by Crippen LogP contribution is 2.24. The van der Waals surface area contributed by atoms with Crippen LogP contribution in [0.4, 0.5) is 11.4 Å². The predicted molar refractivity (Wildman–Crippen MR) is 141 cm³/mol. The van der Waals surface area contributed by atoms with E-state index in [1.165, 1.54) is 57.1 Å². The lowest BCUT2D eigenvalue weighted by Crippen LogP contribution is -3.00. The molecule has 208 valence electrons. The van der Waals surface area contributed by atoms with Crippen molar-refractivity contribution in [2.75, 3.05) is 19.8 Å². The molecule has 1 aromatic heterocycles. The lowest BCUT2D eigenvalue weighted by Gasteiger charge is -2.05. The van der Waals surface area contributed by atoms with E-state index in [9.17, 15) is 20.2 Å². The lowest BCUT2D eigenvalue weighted by atomic mass is 10.1. The Morgan fingerprint density at radius 3 is 2.13 bits per heavy atom. The van der Waals surface area contributed by atoms with Gasteiger partial charge in [-0.3, -0.25) is 20.2 Å². The van der Waals surface area contributed by atoms with Gasteiger partial charge in [0.1, 0.15) is 6.07 Å². The largest absolute Gasteiger partial charge is 1.00 e. The zero-order valence-electron chi connectivity index (χ0n) is 21.8. The molecule has 0 bridgehead atoms. The first-order valence-electron chi connectivity index (χ1n) is 13.0. The van der Waals surface area contributed by atoms with Crippen LogP contribution in [0.5, 0.6) is 0 Å². The van der Waals surface area contributed by atoms with E-state index in [2.05, 4.69) is 10.0 Å². The maximum Gasteiger partial charge on any atom is 0.347 e. The molecule has 1 heterocycles. The van der Waals surface area contributed by atoms with Gasteiger partial charge in [0.15, 0.2) is 12.4 Å². The molecule has 1 aromatic carbocycles. The van der Waals surface area contributed by atoms with Crippen LogP contribution in [-0.2, 0) is 11.2 Å². The Hall–Kier alpha value is -3.27. The Bertz CT molecular complexity index is 1050. The number of aryl methyl sites for hydroxylation is 1. The minimum absolute atomic E-state index is 0. The van der Waals surface area contributed by atoms with Gasteiger partial charge in [0.2, 0.25) is 0 Å². The first-order valence-corrected chi connectivity index (χ1v) is 13.0. The monoisotopic (exact) mass is 548 g/mol. The summed E-state index contributed by atoms with van der Waals surface area (Å²) in [6.45, 7) is 2.03. The molecule has 0 aliphatic rings. The van der Waals surface area contributed by atoms with Crippen LogP contribution in [0.15, 0.2) is 47.8 Å². The Morgan fingerprint density at radius 1 is 0.868 bits per heavy atom. The van der Waals surface area contributed by atoms with Gasteiger partial charge in [-0.05, 0) is 37.3 Å². The van der Waals surface area contributed by atoms with Crippen molar-refractivity contribution in [2.24, 2.45) is 5.11 Å². The quantitative estimate of drug-likeness (QED) is 0.0467. The molecule has 2 rings (SSSR count). The van der Waals surface area contributed by atoms with Crippen LogP contribution in [0.3, 0.4) is 0 Å². The summed E-state index contributed by atoms with van der Waals surface area (Å²) in [7, 11) is 0. The molecule has 12 heteroatoms. The molecular weight excluding hydrogens is 512 g/mol. The SMILES string of the molecule is [Cl-].[N-]=[N+]=NCCCCCCCCCCCCOCCCc1ccc[n+](-c2ccc([N+](=O)[O-])cc2[N+](=O)[O-])c1. The molecule has 11 nitrogen and oxygen atoms in total. The van der Waals surface area contributed by atoms with Crippen LogP contribution in [0.1, 0.15) is 76.2 Å². The van der Waals surface area contributed by atoms with Crippen LogP contribution in [-0.4, -0.2) is 29.6 Å². The van der Waals surface area contributed by atoms with E-state index in [-0.39, 0.29) is 29.5 Å². The second-order valence-electron chi connectivity index (χ2n) is 9.01. The second kappa shape index (κ2) is 19.8. The van der Waals surface area contributed by atoms with E-state index in [1.807, 2.05) is 18.3 Å². The van der Waals surface area contributed by atoms with Gasteiger partial charge in [-0.15, -0.1) is 0 Å². The zero-order valence-corrected chi connectivity index (χ0v) is 22.5. The number of nitrogens with zero attached hydrogens (tertiary/aromatic N) is 6. The van der Waals surface area contributed by atoms with Crippen molar-refractivity contribution >= 4 is 11.4 Å². The molecule has 0 aliphatic carbocycles. The summed E-state index contributed by atoms with van der Waals surface area (Å²) in [5.41, 5.74) is 8.90. The standard InChI is InChI=1S/C26H37N6O5.ClH/c27-29-28-17-9-7-5-3-1-2-4-6-8-10-19-37-20-12-14-23-13-11-18-30(22-23)25-16-15-24(31(33)34)21-26(25)32(35)36;/h11,13,15-16,18,21-22H,1-10,12,14,17,19-20H2;1H/q+1;/p-1. The summed E-state index contributed by atoms with van der Waals surface area (Å²) in [5.74, 6) is 0. The molecule has 0 unspecified atom stereocenters. The molecule has 0 saturated heterocycles. The Kier molecular flexibility index (Phi) is 17.1. The Labute approximate surface area is 229 Å². The normalized spacial score (nSPS) is 10.4. The fourth-order valence-corrected chi connectivity index (χ4v) is 4.14. The highest BCUT2D eigenvalue weighted by atomic mass is 35.5. The summed E-state index contributed by atoms with van der Waals surface area (Å²) in [6.07, 6.45) is 17.0. The number of aromatic nitrogens is 1. The minimum Gasteiger partial charge on any atom is -1.00 e. The molecule has 0 saturated carbocycles. The smallest absolute Gasteiger partial charge is 0.347 e. The Morgan fingerprint density at radius 2 is 1.50 bits per heavy atom. The molecule has 0 amide bonds. The number of ether oxygens (including phenoxy) is 1. The molecule has 0 spiro atoms. The zero-order chi connectivity index (χ0) is 26.7. The van der Waals surface area contributed by atoms with E-state index < -0.39 is 9.85 Å².